The Bertz CT molecular complexity index is 763. The lowest BCUT2D eigenvalue weighted by Crippen LogP contribution is -2.41. The molecule has 0 fully saturated rings. The lowest BCUT2D eigenvalue weighted by molar-refractivity contribution is 0.0844. The summed E-state index contributed by atoms with van der Waals surface area (Å²) >= 11 is 9.12. The third-order valence-corrected chi connectivity index (χ3v) is 3.90. The molecule has 25 heavy (non-hydrogen) atoms. The third-order valence-electron chi connectivity index (χ3n) is 3.15. The summed E-state index contributed by atoms with van der Waals surface area (Å²) in [7, 11) is 0. The van der Waals surface area contributed by atoms with E-state index >= 15 is 0 Å². The number of hydrazine groups is 1. The highest BCUT2D eigenvalue weighted by Crippen LogP contribution is 2.23. The van der Waals surface area contributed by atoms with Crippen molar-refractivity contribution in [2.75, 3.05) is 6.61 Å². The fraction of sp³-hybridized carbons (Fsp3) is 0.222. The molecule has 2 aromatic rings. The van der Waals surface area contributed by atoms with Gasteiger partial charge in [0, 0.05) is 15.1 Å². The normalized spacial score (nSPS) is 10.4. The van der Waals surface area contributed by atoms with E-state index in [1.165, 1.54) is 0 Å². The molecule has 2 rings (SSSR count). The van der Waals surface area contributed by atoms with Crippen LogP contribution in [0.4, 0.5) is 0 Å². The predicted octanol–water partition coefficient (Wildman–Crippen LogP) is 4.21. The Hall–Kier alpha value is -2.05. The molecule has 0 saturated carbocycles. The molecule has 0 atom stereocenters. The van der Waals surface area contributed by atoms with Gasteiger partial charge < -0.3 is 4.74 Å². The standard InChI is InChI=1S/C18H18BrClN2O3/c1-11(2)10-25-16-8-5-13(19)9-15(16)18(24)22-21-17(23)12-3-6-14(20)7-4-12/h3-9,11H,10H2,1-2H3,(H,21,23)(H,22,24). The first kappa shape index (κ1) is 19.3. The fourth-order valence-corrected chi connectivity index (χ4v) is 2.40. The number of rotatable bonds is 5. The van der Waals surface area contributed by atoms with Gasteiger partial charge in [0.25, 0.3) is 11.8 Å². The van der Waals surface area contributed by atoms with E-state index in [0.717, 1.165) is 4.47 Å². The molecule has 0 unspecified atom stereocenters. The van der Waals surface area contributed by atoms with Crippen molar-refractivity contribution in [1.82, 2.24) is 10.9 Å². The average Bonchev–Trinajstić information content (AvgIpc) is 2.58. The quantitative estimate of drug-likeness (QED) is 0.705. The summed E-state index contributed by atoms with van der Waals surface area (Å²) < 4.78 is 6.41. The number of carbonyl (C=O) groups is 2. The van der Waals surface area contributed by atoms with Gasteiger partial charge in [-0.3, -0.25) is 20.4 Å². The molecule has 0 aliphatic rings. The number of ether oxygens (including phenoxy) is 1. The van der Waals surface area contributed by atoms with Gasteiger partial charge in [-0.15, -0.1) is 0 Å². The monoisotopic (exact) mass is 424 g/mol. The van der Waals surface area contributed by atoms with Crippen LogP contribution in [0.3, 0.4) is 0 Å². The first-order valence-corrected chi connectivity index (χ1v) is 8.82. The summed E-state index contributed by atoms with van der Waals surface area (Å²) in [4.78, 5) is 24.5. The second-order valence-electron chi connectivity index (χ2n) is 5.76. The summed E-state index contributed by atoms with van der Waals surface area (Å²) in [6.07, 6.45) is 0. The van der Waals surface area contributed by atoms with Crippen molar-refractivity contribution < 1.29 is 14.3 Å². The molecule has 0 aliphatic heterocycles. The minimum absolute atomic E-state index is 0.323. The Morgan fingerprint density at radius 1 is 1.08 bits per heavy atom. The zero-order valence-electron chi connectivity index (χ0n) is 13.8. The Morgan fingerprint density at radius 2 is 1.72 bits per heavy atom. The molecule has 0 spiro atoms. The molecule has 132 valence electrons. The van der Waals surface area contributed by atoms with Gasteiger partial charge in [0.05, 0.1) is 12.2 Å². The Kier molecular flexibility index (Phi) is 6.84. The number of amides is 2. The van der Waals surface area contributed by atoms with Crippen molar-refractivity contribution in [2.45, 2.75) is 13.8 Å². The summed E-state index contributed by atoms with van der Waals surface area (Å²) in [6.45, 7) is 4.52. The smallest absolute Gasteiger partial charge is 0.273 e. The van der Waals surface area contributed by atoms with Gasteiger partial charge in [-0.1, -0.05) is 41.4 Å². The number of halogens is 2. The molecule has 7 heteroatoms. The summed E-state index contributed by atoms with van der Waals surface area (Å²) in [5, 5.41) is 0.529. The van der Waals surface area contributed by atoms with Gasteiger partial charge in [0.1, 0.15) is 5.75 Å². The van der Waals surface area contributed by atoms with Gasteiger partial charge >= 0.3 is 0 Å². The van der Waals surface area contributed by atoms with Crippen LogP contribution in [0.15, 0.2) is 46.9 Å². The van der Waals surface area contributed by atoms with E-state index in [1.54, 1.807) is 42.5 Å². The maximum Gasteiger partial charge on any atom is 0.273 e. The van der Waals surface area contributed by atoms with Crippen LogP contribution in [0.2, 0.25) is 5.02 Å². The van der Waals surface area contributed by atoms with Gasteiger partial charge in [0.2, 0.25) is 0 Å². The number of carbonyl (C=O) groups excluding carboxylic acids is 2. The van der Waals surface area contributed by atoms with Crippen molar-refractivity contribution in [3.8, 4) is 5.75 Å². The van der Waals surface area contributed by atoms with Gasteiger partial charge in [-0.25, -0.2) is 0 Å². The molecule has 0 aliphatic carbocycles. The van der Waals surface area contributed by atoms with Crippen LogP contribution in [0.1, 0.15) is 34.6 Å². The summed E-state index contributed by atoms with van der Waals surface area (Å²) in [6, 6.07) is 11.5. The molecule has 0 aromatic heterocycles. The Balaban J connectivity index is 2.05. The van der Waals surface area contributed by atoms with Crippen molar-refractivity contribution in [2.24, 2.45) is 5.92 Å². The SMILES string of the molecule is CC(C)COc1ccc(Br)cc1C(=O)NNC(=O)c1ccc(Cl)cc1. The number of nitrogens with one attached hydrogen (secondary N) is 2. The fourth-order valence-electron chi connectivity index (χ4n) is 1.92. The molecule has 2 N–H and O–H groups in total. The van der Waals surface area contributed by atoms with Crippen LogP contribution in [-0.2, 0) is 0 Å². The molecular weight excluding hydrogens is 408 g/mol. The lowest BCUT2D eigenvalue weighted by Gasteiger charge is -2.14. The van der Waals surface area contributed by atoms with E-state index in [4.69, 9.17) is 16.3 Å². The Labute approximate surface area is 159 Å². The number of hydrogen-bond donors (Lipinski definition) is 2. The summed E-state index contributed by atoms with van der Waals surface area (Å²) in [5.74, 6) is -0.133. The van der Waals surface area contributed by atoms with E-state index in [0.29, 0.717) is 34.4 Å². The Morgan fingerprint density at radius 3 is 2.36 bits per heavy atom. The average molecular weight is 426 g/mol. The first-order valence-electron chi connectivity index (χ1n) is 7.65. The van der Waals surface area contributed by atoms with E-state index in [9.17, 15) is 9.59 Å². The minimum atomic E-state index is -0.470. The van der Waals surface area contributed by atoms with Crippen LogP contribution in [0, 0.1) is 5.92 Å². The van der Waals surface area contributed by atoms with Crippen LogP contribution in [-0.4, -0.2) is 18.4 Å². The molecule has 2 aromatic carbocycles. The highest BCUT2D eigenvalue weighted by atomic mass is 79.9. The van der Waals surface area contributed by atoms with Gasteiger partial charge in [-0.05, 0) is 48.4 Å². The predicted molar refractivity (Wildman–Crippen MR) is 101 cm³/mol. The minimum Gasteiger partial charge on any atom is -0.492 e. The number of hydrogen-bond acceptors (Lipinski definition) is 3. The van der Waals surface area contributed by atoms with Gasteiger partial charge in [-0.2, -0.15) is 0 Å². The topological polar surface area (TPSA) is 67.4 Å². The van der Waals surface area contributed by atoms with E-state index in [-0.39, 0.29) is 0 Å². The zero-order chi connectivity index (χ0) is 18.4. The van der Waals surface area contributed by atoms with Crippen LogP contribution in [0.5, 0.6) is 5.75 Å². The maximum absolute atomic E-state index is 12.4. The molecule has 5 nitrogen and oxygen atoms in total. The zero-order valence-corrected chi connectivity index (χ0v) is 16.1. The molecule has 0 heterocycles. The maximum atomic E-state index is 12.4. The molecule has 0 bridgehead atoms. The first-order chi connectivity index (χ1) is 11.9. The third kappa shape index (κ3) is 5.76. The largest absolute Gasteiger partial charge is 0.492 e. The lowest BCUT2D eigenvalue weighted by atomic mass is 10.2. The van der Waals surface area contributed by atoms with E-state index in [1.807, 2.05) is 13.8 Å². The van der Waals surface area contributed by atoms with E-state index in [2.05, 4.69) is 26.8 Å². The summed E-state index contributed by atoms with van der Waals surface area (Å²) in [5.41, 5.74) is 5.48. The van der Waals surface area contributed by atoms with Crippen molar-refractivity contribution in [3.63, 3.8) is 0 Å². The highest BCUT2D eigenvalue weighted by molar-refractivity contribution is 9.10. The van der Waals surface area contributed by atoms with Crippen LogP contribution in [0.25, 0.3) is 0 Å². The highest BCUT2D eigenvalue weighted by Gasteiger charge is 2.15. The second-order valence-corrected chi connectivity index (χ2v) is 7.11. The van der Waals surface area contributed by atoms with Crippen molar-refractivity contribution >= 4 is 39.3 Å². The van der Waals surface area contributed by atoms with Crippen LogP contribution < -0.4 is 15.6 Å². The molecular formula is C18H18BrClN2O3. The molecule has 2 amide bonds. The van der Waals surface area contributed by atoms with Crippen LogP contribution >= 0.6 is 27.5 Å². The van der Waals surface area contributed by atoms with Gasteiger partial charge in [0.15, 0.2) is 0 Å². The number of benzene rings is 2. The van der Waals surface area contributed by atoms with E-state index < -0.39 is 11.8 Å². The molecule has 0 saturated heterocycles. The van der Waals surface area contributed by atoms with Crippen molar-refractivity contribution in [3.05, 3.63) is 63.1 Å². The molecule has 0 radical (unpaired) electrons. The van der Waals surface area contributed by atoms with Crippen molar-refractivity contribution in [1.29, 1.82) is 0 Å². The second kappa shape index (κ2) is 8.87.